The van der Waals surface area contributed by atoms with Gasteiger partial charge in [-0.25, -0.2) is 0 Å². The molecule has 0 saturated carbocycles. The Hall–Kier alpha value is -2.64. The Kier molecular flexibility index (Phi) is 9.09. The third kappa shape index (κ3) is 6.45. The molecule has 0 unspecified atom stereocenters. The van der Waals surface area contributed by atoms with E-state index in [2.05, 4.69) is 12.2 Å². The molecule has 2 aromatic rings. The summed E-state index contributed by atoms with van der Waals surface area (Å²) < 4.78 is 6.83. The number of halogens is 1. The van der Waals surface area contributed by atoms with Crippen molar-refractivity contribution in [1.82, 2.24) is 14.8 Å². The van der Waals surface area contributed by atoms with Crippen molar-refractivity contribution < 1.29 is 14.3 Å². The van der Waals surface area contributed by atoms with E-state index in [9.17, 15) is 14.4 Å². The van der Waals surface area contributed by atoms with Crippen LogP contribution in [-0.2, 0) is 17.7 Å². The molecule has 1 aromatic heterocycles. The van der Waals surface area contributed by atoms with E-state index in [4.69, 9.17) is 16.3 Å². The number of piperidine rings is 1. The Morgan fingerprint density at radius 3 is 2.73 bits per heavy atom. The number of carbonyl (C=O) groups excluding carboxylic acids is 2. The zero-order chi connectivity index (χ0) is 23.8. The van der Waals surface area contributed by atoms with Crippen molar-refractivity contribution in [3.8, 4) is 0 Å². The fourth-order valence-corrected chi connectivity index (χ4v) is 4.44. The molecule has 0 bridgehead atoms. The van der Waals surface area contributed by atoms with Gasteiger partial charge in [0.15, 0.2) is 0 Å². The standard InChI is InChI=1S/C25H32ClN3O4/c1-3-20-9-4-5-12-29(20)25(32)22-17-28(13-14-33-2)16-21(23(22)30)24(31)27-11-10-18-7-6-8-19(26)15-18/h6-8,15-17,20H,3-5,9-14H2,1-2H3,(H,27,31)/t20-/m0/s1. The van der Waals surface area contributed by atoms with Gasteiger partial charge in [0, 0.05) is 50.2 Å². The average Bonchev–Trinajstić information content (AvgIpc) is 2.82. The maximum absolute atomic E-state index is 13.4. The molecule has 2 amide bonds. The van der Waals surface area contributed by atoms with Crippen molar-refractivity contribution in [2.75, 3.05) is 26.8 Å². The summed E-state index contributed by atoms with van der Waals surface area (Å²) in [6.07, 6.45) is 7.40. The third-order valence-electron chi connectivity index (χ3n) is 6.06. The van der Waals surface area contributed by atoms with Gasteiger partial charge >= 0.3 is 0 Å². The Labute approximate surface area is 199 Å². The summed E-state index contributed by atoms with van der Waals surface area (Å²) in [5, 5.41) is 3.44. The fourth-order valence-electron chi connectivity index (χ4n) is 4.23. The van der Waals surface area contributed by atoms with E-state index in [1.807, 2.05) is 18.2 Å². The number of carbonyl (C=O) groups is 2. The quantitative estimate of drug-likeness (QED) is 0.604. The number of nitrogens with zero attached hydrogens (tertiary/aromatic N) is 2. The molecule has 1 N–H and O–H groups in total. The lowest BCUT2D eigenvalue weighted by Gasteiger charge is -2.35. The Morgan fingerprint density at radius 2 is 2.00 bits per heavy atom. The molecule has 1 fully saturated rings. The van der Waals surface area contributed by atoms with Gasteiger partial charge in [0.25, 0.3) is 11.8 Å². The minimum Gasteiger partial charge on any atom is -0.383 e. The first-order valence-electron chi connectivity index (χ1n) is 11.5. The summed E-state index contributed by atoms with van der Waals surface area (Å²) in [6.45, 7) is 3.85. The van der Waals surface area contributed by atoms with Crippen LogP contribution in [0.2, 0.25) is 5.02 Å². The van der Waals surface area contributed by atoms with E-state index in [-0.39, 0.29) is 23.1 Å². The van der Waals surface area contributed by atoms with Crippen molar-refractivity contribution >= 4 is 23.4 Å². The highest BCUT2D eigenvalue weighted by Gasteiger charge is 2.29. The van der Waals surface area contributed by atoms with Crippen LogP contribution >= 0.6 is 11.6 Å². The third-order valence-corrected chi connectivity index (χ3v) is 6.29. The summed E-state index contributed by atoms with van der Waals surface area (Å²) in [6, 6.07) is 7.53. The monoisotopic (exact) mass is 473 g/mol. The molecule has 1 aliphatic rings. The number of rotatable bonds is 9. The number of aromatic nitrogens is 1. The number of ether oxygens (including phenoxy) is 1. The summed E-state index contributed by atoms with van der Waals surface area (Å²) in [4.78, 5) is 41.3. The minimum atomic E-state index is -0.533. The molecule has 1 aromatic carbocycles. The zero-order valence-electron chi connectivity index (χ0n) is 19.3. The second-order valence-corrected chi connectivity index (χ2v) is 8.77. The van der Waals surface area contributed by atoms with Crippen molar-refractivity contribution in [3.63, 3.8) is 0 Å². The molecule has 1 saturated heterocycles. The van der Waals surface area contributed by atoms with Crippen molar-refractivity contribution in [1.29, 1.82) is 0 Å². The molecule has 1 atom stereocenters. The molecular weight excluding hydrogens is 442 g/mol. The Bertz CT molecular complexity index is 1040. The summed E-state index contributed by atoms with van der Waals surface area (Å²) >= 11 is 6.02. The van der Waals surface area contributed by atoms with Crippen molar-refractivity contribution in [2.24, 2.45) is 0 Å². The van der Waals surface area contributed by atoms with Crippen LogP contribution < -0.4 is 10.7 Å². The first kappa shape index (κ1) is 25.0. The maximum Gasteiger partial charge on any atom is 0.259 e. The number of benzene rings is 1. The Balaban J connectivity index is 1.83. The summed E-state index contributed by atoms with van der Waals surface area (Å²) in [5.74, 6) is -0.792. The van der Waals surface area contributed by atoms with Crippen LogP contribution in [0.4, 0.5) is 0 Å². The van der Waals surface area contributed by atoms with Gasteiger partial charge in [-0.05, 0) is 49.8 Å². The second-order valence-electron chi connectivity index (χ2n) is 8.34. The molecule has 0 radical (unpaired) electrons. The van der Waals surface area contributed by atoms with Crippen LogP contribution in [0.5, 0.6) is 0 Å². The van der Waals surface area contributed by atoms with E-state index in [1.54, 1.807) is 28.8 Å². The van der Waals surface area contributed by atoms with Gasteiger partial charge in [-0.1, -0.05) is 30.7 Å². The molecule has 7 nitrogen and oxygen atoms in total. The predicted molar refractivity (Wildman–Crippen MR) is 129 cm³/mol. The molecule has 2 heterocycles. The Morgan fingerprint density at radius 1 is 1.21 bits per heavy atom. The summed E-state index contributed by atoms with van der Waals surface area (Å²) in [7, 11) is 1.58. The van der Waals surface area contributed by atoms with E-state index in [1.165, 1.54) is 6.20 Å². The van der Waals surface area contributed by atoms with Gasteiger partial charge in [-0.3, -0.25) is 14.4 Å². The average molecular weight is 474 g/mol. The molecule has 0 aliphatic carbocycles. The van der Waals surface area contributed by atoms with E-state index >= 15 is 0 Å². The first-order valence-corrected chi connectivity index (χ1v) is 11.9. The molecule has 33 heavy (non-hydrogen) atoms. The number of methoxy groups -OCH3 is 1. The number of nitrogens with one attached hydrogen (secondary N) is 1. The highest BCUT2D eigenvalue weighted by atomic mass is 35.5. The number of pyridine rings is 1. The molecule has 3 rings (SSSR count). The zero-order valence-corrected chi connectivity index (χ0v) is 20.1. The van der Waals surface area contributed by atoms with Gasteiger partial charge < -0.3 is 19.5 Å². The van der Waals surface area contributed by atoms with Gasteiger partial charge in [-0.15, -0.1) is 0 Å². The van der Waals surface area contributed by atoms with Crippen LogP contribution in [0, 0.1) is 0 Å². The van der Waals surface area contributed by atoms with Crippen LogP contribution in [-0.4, -0.2) is 54.1 Å². The molecule has 8 heteroatoms. The highest BCUT2D eigenvalue weighted by molar-refractivity contribution is 6.30. The SMILES string of the molecule is CC[C@H]1CCCCN1C(=O)c1cn(CCOC)cc(C(=O)NCCc2cccc(Cl)c2)c1=O. The van der Waals surface area contributed by atoms with Gasteiger partial charge in [0.05, 0.1) is 6.61 Å². The largest absolute Gasteiger partial charge is 0.383 e. The highest BCUT2D eigenvalue weighted by Crippen LogP contribution is 2.21. The fraction of sp³-hybridized carbons (Fsp3) is 0.480. The summed E-state index contributed by atoms with van der Waals surface area (Å²) in [5.41, 5.74) is 0.455. The van der Waals surface area contributed by atoms with Crippen LogP contribution in [0.1, 0.15) is 58.9 Å². The van der Waals surface area contributed by atoms with Crippen LogP contribution in [0.3, 0.4) is 0 Å². The van der Waals surface area contributed by atoms with E-state index in [0.29, 0.717) is 37.7 Å². The van der Waals surface area contributed by atoms with Gasteiger partial charge in [0.1, 0.15) is 11.1 Å². The van der Waals surface area contributed by atoms with Gasteiger partial charge in [-0.2, -0.15) is 0 Å². The van der Waals surface area contributed by atoms with E-state index in [0.717, 1.165) is 31.2 Å². The lowest BCUT2D eigenvalue weighted by atomic mass is 9.98. The van der Waals surface area contributed by atoms with Crippen LogP contribution in [0.25, 0.3) is 0 Å². The lowest BCUT2D eigenvalue weighted by molar-refractivity contribution is 0.0605. The van der Waals surface area contributed by atoms with Crippen LogP contribution in [0.15, 0.2) is 41.5 Å². The maximum atomic E-state index is 13.4. The molecule has 0 spiro atoms. The number of amides is 2. The first-order chi connectivity index (χ1) is 15.9. The lowest BCUT2D eigenvalue weighted by Crippen LogP contribution is -2.45. The normalized spacial score (nSPS) is 16.0. The minimum absolute atomic E-state index is 0.0342. The smallest absolute Gasteiger partial charge is 0.259 e. The molecule has 1 aliphatic heterocycles. The number of hydrogen-bond donors (Lipinski definition) is 1. The molecule has 178 valence electrons. The second kappa shape index (κ2) is 12.0. The number of likely N-dealkylation sites (tertiary alicyclic amines) is 1. The van der Waals surface area contributed by atoms with Gasteiger partial charge in [0.2, 0.25) is 5.43 Å². The molecular formula is C25H32ClN3O4. The van der Waals surface area contributed by atoms with Crippen molar-refractivity contribution in [2.45, 2.75) is 51.6 Å². The number of hydrogen-bond acceptors (Lipinski definition) is 4. The van der Waals surface area contributed by atoms with E-state index < -0.39 is 11.3 Å². The topological polar surface area (TPSA) is 80.6 Å². The predicted octanol–water partition coefficient (Wildman–Crippen LogP) is 3.53. The van der Waals surface area contributed by atoms with Crippen molar-refractivity contribution in [3.05, 3.63) is 68.6 Å².